The first kappa shape index (κ1) is 13.9. The Labute approximate surface area is 91.4 Å². The molecule has 86 valence electrons. The highest BCUT2D eigenvalue weighted by molar-refractivity contribution is 5.82. The Hall–Kier alpha value is -1.09. The van der Waals surface area contributed by atoms with Crippen molar-refractivity contribution in [2.75, 3.05) is 0 Å². The minimum atomic E-state index is -0.454. The van der Waals surface area contributed by atoms with E-state index < -0.39 is 5.60 Å². The molecule has 0 aromatic carbocycles. The summed E-state index contributed by atoms with van der Waals surface area (Å²) in [5.74, 6) is -0.357. The Bertz CT molecular complexity index is 244. The van der Waals surface area contributed by atoms with Crippen molar-refractivity contribution in [3.8, 4) is 0 Å². The molecule has 0 aliphatic heterocycles. The molecule has 0 fully saturated rings. The van der Waals surface area contributed by atoms with E-state index in [0.717, 1.165) is 0 Å². The van der Waals surface area contributed by atoms with Gasteiger partial charge in [0.05, 0.1) is 6.10 Å². The lowest BCUT2D eigenvalue weighted by molar-refractivity contribution is -0.148. The zero-order valence-corrected chi connectivity index (χ0v) is 9.86. The molecule has 3 nitrogen and oxygen atoms in total. The number of aliphatic hydroxyl groups is 1. The van der Waals surface area contributed by atoms with Gasteiger partial charge in [0, 0.05) is 6.08 Å². The van der Waals surface area contributed by atoms with Crippen molar-refractivity contribution >= 4 is 5.97 Å². The Balaban J connectivity index is 3.87. The smallest absolute Gasteiger partial charge is 0.331 e. The maximum atomic E-state index is 11.2. The van der Waals surface area contributed by atoms with E-state index in [9.17, 15) is 4.79 Å². The molecule has 0 saturated carbocycles. The zero-order chi connectivity index (χ0) is 11.9. The largest absolute Gasteiger partial charge is 0.457 e. The standard InChI is InChI=1S/C12H20O3/c1-10(13)8-6-5-7-9-11(14)15-12(2,3)4/h5-7,9-10,13H,8H2,1-4H3. The fraction of sp³-hybridized carbons (Fsp3) is 0.583. The summed E-state index contributed by atoms with van der Waals surface area (Å²) in [5.41, 5.74) is -0.454. The summed E-state index contributed by atoms with van der Waals surface area (Å²) in [5, 5.41) is 8.95. The van der Waals surface area contributed by atoms with E-state index in [1.54, 1.807) is 25.2 Å². The lowest BCUT2D eigenvalue weighted by Crippen LogP contribution is -2.22. The molecule has 0 aromatic rings. The summed E-state index contributed by atoms with van der Waals surface area (Å²) in [7, 11) is 0. The molecule has 15 heavy (non-hydrogen) atoms. The predicted octanol–water partition coefficient (Wildman–Crippen LogP) is 2.21. The number of ether oxygens (including phenoxy) is 1. The Morgan fingerprint density at radius 1 is 1.40 bits per heavy atom. The van der Waals surface area contributed by atoms with E-state index in [1.165, 1.54) is 6.08 Å². The summed E-state index contributed by atoms with van der Waals surface area (Å²) >= 11 is 0. The monoisotopic (exact) mass is 212 g/mol. The molecule has 0 spiro atoms. The van der Waals surface area contributed by atoms with Gasteiger partial charge in [-0.15, -0.1) is 0 Å². The first-order valence-electron chi connectivity index (χ1n) is 5.05. The van der Waals surface area contributed by atoms with Gasteiger partial charge in [-0.2, -0.15) is 0 Å². The van der Waals surface area contributed by atoms with Crippen LogP contribution in [-0.4, -0.2) is 22.8 Å². The van der Waals surface area contributed by atoms with Gasteiger partial charge in [0.1, 0.15) is 5.60 Å². The molecule has 0 rings (SSSR count). The van der Waals surface area contributed by atoms with Gasteiger partial charge >= 0.3 is 5.97 Å². The molecule has 1 unspecified atom stereocenters. The highest BCUT2D eigenvalue weighted by Gasteiger charge is 2.13. The number of hydrogen-bond donors (Lipinski definition) is 1. The van der Waals surface area contributed by atoms with Crippen molar-refractivity contribution in [3.63, 3.8) is 0 Å². The number of rotatable bonds is 4. The molecule has 0 radical (unpaired) electrons. The van der Waals surface area contributed by atoms with Crippen LogP contribution < -0.4 is 0 Å². The van der Waals surface area contributed by atoms with Crippen molar-refractivity contribution in [1.82, 2.24) is 0 Å². The third-order valence-electron chi connectivity index (χ3n) is 1.36. The number of aliphatic hydroxyl groups excluding tert-OH is 1. The van der Waals surface area contributed by atoms with E-state index >= 15 is 0 Å². The number of hydrogen-bond acceptors (Lipinski definition) is 3. The number of carbonyl (C=O) groups is 1. The van der Waals surface area contributed by atoms with Gasteiger partial charge in [0.15, 0.2) is 0 Å². The molecule has 0 bridgehead atoms. The van der Waals surface area contributed by atoms with Gasteiger partial charge in [-0.05, 0) is 34.1 Å². The van der Waals surface area contributed by atoms with Crippen molar-refractivity contribution in [3.05, 3.63) is 24.3 Å². The molecule has 0 amide bonds. The first-order chi connectivity index (χ1) is 6.81. The van der Waals surface area contributed by atoms with Crippen LogP contribution in [0.5, 0.6) is 0 Å². The summed E-state index contributed by atoms with van der Waals surface area (Å²) in [6.07, 6.45) is 6.72. The van der Waals surface area contributed by atoms with E-state index in [-0.39, 0.29) is 12.1 Å². The lowest BCUT2D eigenvalue weighted by atomic mass is 10.2. The second-order valence-electron chi connectivity index (χ2n) is 4.41. The molecule has 0 aromatic heterocycles. The van der Waals surface area contributed by atoms with Crippen LogP contribution in [0.1, 0.15) is 34.1 Å². The molecular weight excluding hydrogens is 192 g/mol. The summed E-state index contributed by atoms with van der Waals surface area (Å²) in [6.45, 7) is 7.17. The molecule has 0 heterocycles. The Kier molecular flexibility index (Phi) is 5.94. The fourth-order valence-electron chi connectivity index (χ4n) is 0.824. The van der Waals surface area contributed by atoms with Crippen molar-refractivity contribution in [2.45, 2.75) is 45.8 Å². The van der Waals surface area contributed by atoms with Gasteiger partial charge in [0.25, 0.3) is 0 Å². The van der Waals surface area contributed by atoms with Gasteiger partial charge in [-0.25, -0.2) is 4.79 Å². The molecule has 0 aliphatic carbocycles. The summed E-state index contributed by atoms with van der Waals surface area (Å²) < 4.78 is 5.06. The Morgan fingerprint density at radius 2 is 2.00 bits per heavy atom. The minimum Gasteiger partial charge on any atom is -0.457 e. The topological polar surface area (TPSA) is 46.5 Å². The van der Waals surface area contributed by atoms with Crippen LogP contribution in [0.2, 0.25) is 0 Å². The van der Waals surface area contributed by atoms with Gasteiger partial charge in [-0.1, -0.05) is 18.2 Å². The Morgan fingerprint density at radius 3 is 2.47 bits per heavy atom. The molecule has 3 heteroatoms. The lowest BCUT2D eigenvalue weighted by Gasteiger charge is -2.17. The number of allylic oxidation sites excluding steroid dienone is 2. The van der Waals surface area contributed by atoms with Crippen molar-refractivity contribution in [2.24, 2.45) is 0 Å². The maximum Gasteiger partial charge on any atom is 0.331 e. The average Bonchev–Trinajstić information content (AvgIpc) is 1.99. The van der Waals surface area contributed by atoms with E-state index in [2.05, 4.69) is 0 Å². The predicted molar refractivity (Wildman–Crippen MR) is 60.4 cm³/mol. The second kappa shape index (κ2) is 6.40. The third kappa shape index (κ3) is 10.8. The molecule has 1 N–H and O–H groups in total. The van der Waals surface area contributed by atoms with Crippen molar-refractivity contribution < 1.29 is 14.6 Å². The SMILES string of the molecule is CC(O)CC=CC=CC(=O)OC(C)(C)C. The summed E-state index contributed by atoms with van der Waals surface area (Å²) in [4.78, 5) is 11.2. The van der Waals surface area contributed by atoms with Gasteiger partial charge in [-0.3, -0.25) is 0 Å². The van der Waals surface area contributed by atoms with Crippen LogP contribution in [0.15, 0.2) is 24.3 Å². The van der Waals surface area contributed by atoms with E-state index in [4.69, 9.17) is 9.84 Å². The molecular formula is C12H20O3. The quantitative estimate of drug-likeness (QED) is 0.441. The van der Waals surface area contributed by atoms with Gasteiger partial charge in [0.2, 0.25) is 0 Å². The number of esters is 1. The highest BCUT2D eigenvalue weighted by Crippen LogP contribution is 2.06. The number of carbonyl (C=O) groups excluding carboxylic acids is 1. The van der Waals surface area contributed by atoms with Crippen molar-refractivity contribution in [1.29, 1.82) is 0 Å². The van der Waals surface area contributed by atoms with Gasteiger partial charge < -0.3 is 9.84 Å². The maximum absolute atomic E-state index is 11.2. The van der Waals surface area contributed by atoms with E-state index in [0.29, 0.717) is 6.42 Å². The zero-order valence-electron chi connectivity index (χ0n) is 9.86. The normalized spacial score (nSPS) is 14.7. The molecule has 0 aliphatic rings. The molecule has 1 atom stereocenters. The van der Waals surface area contributed by atoms with Crippen LogP contribution in [0.25, 0.3) is 0 Å². The van der Waals surface area contributed by atoms with E-state index in [1.807, 2.05) is 20.8 Å². The second-order valence-corrected chi connectivity index (χ2v) is 4.41. The average molecular weight is 212 g/mol. The van der Waals surface area contributed by atoms with Crippen LogP contribution in [0.3, 0.4) is 0 Å². The van der Waals surface area contributed by atoms with Crippen LogP contribution in [0.4, 0.5) is 0 Å². The van der Waals surface area contributed by atoms with Crippen LogP contribution in [0, 0.1) is 0 Å². The highest BCUT2D eigenvalue weighted by atomic mass is 16.6. The minimum absolute atomic E-state index is 0.351. The molecule has 0 saturated heterocycles. The van der Waals surface area contributed by atoms with Crippen LogP contribution in [-0.2, 0) is 9.53 Å². The summed E-state index contributed by atoms with van der Waals surface area (Å²) in [6, 6.07) is 0. The third-order valence-corrected chi connectivity index (χ3v) is 1.36. The fourth-order valence-corrected chi connectivity index (χ4v) is 0.824. The first-order valence-corrected chi connectivity index (χ1v) is 5.05. The van der Waals surface area contributed by atoms with Crippen LogP contribution >= 0.6 is 0 Å².